The molecule has 38 heavy (non-hydrogen) atoms. The van der Waals surface area contributed by atoms with Gasteiger partial charge in [0.1, 0.15) is 12.1 Å². The second-order valence-corrected chi connectivity index (χ2v) is 10.7. The van der Waals surface area contributed by atoms with Crippen molar-refractivity contribution in [1.29, 1.82) is 0 Å². The van der Waals surface area contributed by atoms with Gasteiger partial charge in [0.25, 0.3) is 5.91 Å². The molecule has 2 saturated heterocycles. The molecule has 2 aromatic rings. The molecule has 0 aromatic heterocycles. The Balaban J connectivity index is 1.42. The molecule has 0 atom stereocenters. The van der Waals surface area contributed by atoms with Crippen molar-refractivity contribution in [2.75, 3.05) is 38.3 Å². The lowest BCUT2D eigenvalue weighted by atomic mass is 9.85. The summed E-state index contributed by atoms with van der Waals surface area (Å²) in [6, 6.07) is 19.8. The largest absolute Gasteiger partial charge is 0.342 e. The molecule has 0 saturated carbocycles. The summed E-state index contributed by atoms with van der Waals surface area (Å²) in [7, 11) is 1.78. The molecule has 2 aromatic carbocycles. The van der Waals surface area contributed by atoms with Gasteiger partial charge in [0.2, 0.25) is 11.8 Å². The number of carbonyl (C=O) groups is 3. The minimum Gasteiger partial charge on any atom is -0.342 e. The smallest absolute Gasteiger partial charge is 0.250 e. The van der Waals surface area contributed by atoms with Crippen LogP contribution in [0, 0.1) is 0 Å². The van der Waals surface area contributed by atoms with Gasteiger partial charge in [-0.15, -0.1) is 0 Å². The van der Waals surface area contributed by atoms with Gasteiger partial charge in [0, 0.05) is 38.8 Å². The molecular weight excluding hydrogens is 476 g/mol. The van der Waals surface area contributed by atoms with E-state index in [4.69, 9.17) is 0 Å². The molecule has 7 nitrogen and oxygen atoms in total. The number of unbranched alkanes of at least 4 members (excludes halogenated alkanes) is 4. The molecule has 2 aliphatic rings. The lowest BCUT2D eigenvalue weighted by Gasteiger charge is -2.43. The lowest BCUT2D eigenvalue weighted by molar-refractivity contribution is -0.142. The van der Waals surface area contributed by atoms with Gasteiger partial charge >= 0.3 is 0 Å². The third-order valence-corrected chi connectivity index (χ3v) is 8.03. The number of nitrogens with zero attached hydrogens (tertiary/aromatic N) is 4. The second-order valence-electron chi connectivity index (χ2n) is 10.7. The summed E-state index contributed by atoms with van der Waals surface area (Å²) in [6.07, 6.45) is 7.36. The number of anilines is 1. The summed E-state index contributed by atoms with van der Waals surface area (Å²) in [6.45, 7) is 4.26. The highest BCUT2D eigenvalue weighted by Gasteiger charge is 2.54. The van der Waals surface area contributed by atoms with E-state index in [-0.39, 0.29) is 24.3 Å². The summed E-state index contributed by atoms with van der Waals surface area (Å²) in [5.41, 5.74) is 1.31. The Morgan fingerprint density at radius 3 is 2.18 bits per heavy atom. The van der Waals surface area contributed by atoms with Crippen molar-refractivity contribution >= 4 is 23.4 Å². The van der Waals surface area contributed by atoms with E-state index in [1.165, 1.54) is 19.3 Å². The summed E-state index contributed by atoms with van der Waals surface area (Å²) in [5.74, 6) is 0.111. The van der Waals surface area contributed by atoms with Crippen LogP contribution in [0.25, 0.3) is 0 Å². The minimum absolute atomic E-state index is 0.00511. The van der Waals surface area contributed by atoms with Gasteiger partial charge < -0.3 is 19.6 Å². The van der Waals surface area contributed by atoms with Gasteiger partial charge in [-0.05, 0) is 37.0 Å². The Labute approximate surface area is 227 Å². The van der Waals surface area contributed by atoms with Crippen molar-refractivity contribution in [3.05, 3.63) is 66.2 Å². The maximum absolute atomic E-state index is 13.9. The van der Waals surface area contributed by atoms with Crippen molar-refractivity contribution < 1.29 is 14.4 Å². The fraction of sp³-hybridized carbons (Fsp3) is 0.516. The normalized spacial score (nSPS) is 16.8. The maximum atomic E-state index is 13.9. The molecule has 0 N–H and O–H groups in total. The number of carbonyl (C=O) groups excluding carboxylic acids is 3. The van der Waals surface area contributed by atoms with E-state index in [2.05, 4.69) is 11.8 Å². The van der Waals surface area contributed by atoms with Gasteiger partial charge in [0.15, 0.2) is 0 Å². The monoisotopic (exact) mass is 518 g/mol. The van der Waals surface area contributed by atoms with Crippen LogP contribution in [-0.4, -0.2) is 71.3 Å². The van der Waals surface area contributed by atoms with E-state index in [0.717, 1.165) is 24.1 Å². The number of amides is 3. The highest BCUT2D eigenvalue weighted by Crippen LogP contribution is 2.39. The van der Waals surface area contributed by atoms with Crippen LogP contribution in [0.1, 0.15) is 63.9 Å². The summed E-state index contributed by atoms with van der Waals surface area (Å²) in [5, 5.41) is 0. The van der Waals surface area contributed by atoms with Gasteiger partial charge in [-0.25, -0.2) is 0 Å². The Hall–Kier alpha value is -3.35. The Morgan fingerprint density at radius 1 is 0.895 bits per heavy atom. The van der Waals surface area contributed by atoms with Crippen LogP contribution in [0.2, 0.25) is 0 Å². The van der Waals surface area contributed by atoms with Crippen molar-refractivity contribution in [2.45, 2.75) is 70.4 Å². The van der Waals surface area contributed by atoms with Crippen LogP contribution in [0.4, 0.5) is 5.69 Å². The number of para-hydroxylation sites is 1. The van der Waals surface area contributed by atoms with Crippen LogP contribution in [-0.2, 0) is 20.9 Å². The molecule has 204 valence electrons. The molecule has 0 unspecified atom stereocenters. The molecule has 1 spiro atoms. The lowest BCUT2D eigenvalue weighted by Crippen LogP contribution is -2.57. The van der Waals surface area contributed by atoms with Crippen molar-refractivity contribution in [3.8, 4) is 0 Å². The topological polar surface area (TPSA) is 64.2 Å². The van der Waals surface area contributed by atoms with E-state index in [9.17, 15) is 14.4 Å². The van der Waals surface area contributed by atoms with Crippen LogP contribution >= 0.6 is 0 Å². The molecule has 0 radical (unpaired) electrons. The molecular formula is C31H42N4O3. The van der Waals surface area contributed by atoms with E-state index < -0.39 is 5.54 Å². The fourth-order valence-corrected chi connectivity index (χ4v) is 5.72. The minimum atomic E-state index is -0.725. The van der Waals surface area contributed by atoms with Crippen LogP contribution in [0.5, 0.6) is 0 Å². The van der Waals surface area contributed by atoms with Crippen molar-refractivity contribution in [3.63, 3.8) is 0 Å². The standard InChI is InChI=1S/C31H42N4O3/c1-3-4-5-6-13-18-28(36)33-21-19-31(20-22-33)30(38)34(25-35(31)27-16-11-8-12-17-27)24-29(37)32(2)23-26-14-9-7-10-15-26/h7-12,14-17H,3-6,13,18-25H2,1-2H3. The van der Waals surface area contributed by atoms with E-state index in [1.807, 2.05) is 65.6 Å². The first-order valence-corrected chi connectivity index (χ1v) is 14.1. The average molecular weight is 519 g/mol. The van der Waals surface area contributed by atoms with Gasteiger partial charge in [-0.2, -0.15) is 0 Å². The fourth-order valence-electron chi connectivity index (χ4n) is 5.72. The van der Waals surface area contributed by atoms with Gasteiger partial charge in [-0.1, -0.05) is 81.1 Å². The van der Waals surface area contributed by atoms with E-state index in [0.29, 0.717) is 45.6 Å². The van der Waals surface area contributed by atoms with Crippen molar-refractivity contribution in [1.82, 2.24) is 14.7 Å². The molecule has 2 heterocycles. The van der Waals surface area contributed by atoms with Crippen LogP contribution in [0.15, 0.2) is 60.7 Å². The zero-order valence-corrected chi connectivity index (χ0v) is 23.0. The highest BCUT2D eigenvalue weighted by atomic mass is 16.2. The summed E-state index contributed by atoms with van der Waals surface area (Å²) in [4.78, 5) is 47.4. The second kappa shape index (κ2) is 12.9. The van der Waals surface area contributed by atoms with E-state index in [1.54, 1.807) is 16.8 Å². The molecule has 0 bridgehead atoms. The Bertz CT molecular complexity index is 1070. The number of likely N-dealkylation sites (tertiary alicyclic amines) is 1. The summed E-state index contributed by atoms with van der Waals surface area (Å²) < 4.78 is 0. The molecule has 2 fully saturated rings. The quantitative estimate of drug-likeness (QED) is 0.406. The SMILES string of the molecule is CCCCCCCC(=O)N1CCC2(CC1)C(=O)N(CC(=O)N(C)Cc1ccccc1)CN2c1ccccc1. The van der Waals surface area contributed by atoms with E-state index >= 15 is 0 Å². The predicted octanol–water partition coefficient (Wildman–Crippen LogP) is 4.67. The van der Waals surface area contributed by atoms with Crippen LogP contribution < -0.4 is 4.90 Å². The molecule has 0 aliphatic carbocycles. The van der Waals surface area contributed by atoms with Crippen LogP contribution in [0.3, 0.4) is 0 Å². The number of piperidine rings is 1. The van der Waals surface area contributed by atoms with Gasteiger partial charge in [-0.3, -0.25) is 14.4 Å². The number of benzene rings is 2. The zero-order chi connectivity index (χ0) is 27.0. The highest BCUT2D eigenvalue weighted by molar-refractivity contribution is 5.96. The first-order chi connectivity index (χ1) is 18.4. The third-order valence-electron chi connectivity index (χ3n) is 8.03. The summed E-state index contributed by atoms with van der Waals surface area (Å²) >= 11 is 0. The van der Waals surface area contributed by atoms with Crippen molar-refractivity contribution in [2.24, 2.45) is 0 Å². The predicted molar refractivity (Wildman–Crippen MR) is 150 cm³/mol. The number of rotatable bonds is 11. The first kappa shape index (κ1) is 27.7. The molecule has 2 aliphatic heterocycles. The Kier molecular flexibility index (Phi) is 9.43. The first-order valence-electron chi connectivity index (χ1n) is 14.1. The zero-order valence-electron chi connectivity index (χ0n) is 23.0. The number of hydrogen-bond donors (Lipinski definition) is 0. The molecule has 7 heteroatoms. The molecule has 4 rings (SSSR count). The number of likely N-dealkylation sites (N-methyl/N-ethyl adjacent to an activating group) is 1. The average Bonchev–Trinajstić information content (AvgIpc) is 3.20. The molecule has 3 amide bonds. The Morgan fingerprint density at radius 2 is 1.53 bits per heavy atom. The maximum Gasteiger partial charge on any atom is 0.250 e. The number of hydrogen-bond acceptors (Lipinski definition) is 4. The van der Waals surface area contributed by atoms with Gasteiger partial charge in [0.05, 0.1) is 6.67 Å². The third kappa shape index (κ3) is 6.37.